The van der Waals surface area contributed by atoms with Crippen LogP contribution in [0.15, 0.2) is 0 Å². The summed E-state index contributed by atoms with van der Waals surface area (Å²) in [5, 5.41) is 0. The van der Waals surface area contributed by atoms with Gasteiger partial charge in [-0.2, -0.15) is 0 Å². The molecule has 0 aliphatic carbocycles. The summed E-state index contributed by atoms with van der Waals surface area (Å²) in [5.41, 5.74) is 0. The molecule has 6 nitrogen and oxygen atoms in total. The average molecular weight is 156 g/mol. The summed E-state index contributed by atoms with van der Waals surface area (Å²) in [6.45, 7) is 0. The molecule has 0 radical (unpaired) electrons. The Balaban J connectivity index is -0.0000000133. The van der Waals surface area contributed by atoms with E-state index in [1.54, 1.807) is 0 Å². The van der Waals surface area contributed by atoms with Crippen molar-refractivity contribution in [3.63, 3.8) is 0 Å². The van der Waals surface area contributed by atoms with Gasteiger partial charge in [-0.15, -0.1) is 0 Å². The first-order chi connectivity index (χ1) is 2.00. The van der Waals surface area contributed by atoms with Crippen LogP contribution in [-0.4, -0.2) is 14.7 Å². The number of hydrogen-bond acceptors (Lipinski definition) is 3. The Hall–Kier alpha value is 1.03. The summed E-state index contributed by atoms with van der Waals surface area (Å²) >= 11 is 0. The van der Waals surface area contributed by atoms with E-state index in [1.165, 1.54) is 0 Å². The molecule has 9 N–H and O–H groups in total. The minimum atomic E-state index is -4.64. The zero-order valence-electron chi connectivity index (χ0n) is 5.61. The molecule has 0 aromatic rings. The average Bonchev–Trinajstić information content (AvgIpc) is 0.722. The van der Waals surface area contributed by atoms with Crippen molar-refractivity contribution in [3.8, 4) is 0 Å². The van der Waals surface area contributed by atoms with Crippen LogP contribution in [0.3, 0.4) is 0 Å². The van der Waals surface area contributed by atoms with Crippen LogP contribution in [0.25, 0.3) is 0 Å². The van der Waals surface area contributed by atoms with Crippen LogP contribution >= 0.6 is 7.82 Å². The summed E-state index contributed by atoms with van der Waals surface area (Å²) in [5.74, 6) is 0. The van der Waals surface area contributed by atoms with E-state index >= 15 is 0 Å². The molecule has 0 aliphatic heterocycles. The van der Waals surface area contributed by atoms with Crippen molar-refractivity contribution in [1.82, 2.24) is 12.3 Å². The molecule has 0 spiro atoms. The van der Waals surface area contributed by atoms with Gasteiger partial charge in [-0.1, -0.05) is 0 Å². The molecule has 0 atom stereocenters. The predicted molar refractivity (Wildman–Crippen MR) is 25.4 cm³/mol. The van der Waals surface area contributed by atoms with E-state index in [0.717, 1.165) is 0 Å². The Bertz CT molecular complexity index is 64.7. The minimum Gasteiger partial charge on any atom is -1.00 e. The van der Waals surface area contributed by atoms with E-state index in [2.05, 4.69) is 0 Å². The van der Waals surface area contributed by atoms with Crippen molar-refractivity contribution in [2.75, 3.05) is 0 Å². The smallest absolute Gasteiger partial charge is 1.00 e. The molecule has 0 fully saturated rings. The normalized spacial score (nSPS) is 7.38. The van der Waals surface area contributed by atoms with E-state index in [0.29, 0.717) is 0 Å². The van der Waals surface area contributed by atoms with E-state index in [1.807, 2.05) is 0 Å². The molecule has 8 heavy (non-hydrogen) atoms. The second-order valence-corrected chi connectivity index (χ2v) is 1.54. The zero-order chi connectivity index (χ0) is 4.50. The van der Waals surface area contributed by atoms with Gasteiger partial charge in [-0.25, -0.2) is 4.57 Å². The number of hydrogen-bond donors (Lipinski definition) is 5. The summed E-state index contributed by atoms with van der Waals surface area (Å²) in [6.07, 6.45) is 0. The first kappa shape index (κ1) is 23.0. The van der Waals surface area contributed by atoms with Gasteiger partial charge < -0.3 is 28.4 Å². The third-order valence-electron chi connectivity index (χ3n) is 0. The van der Waals surface area contributed by atoms with Gasteiger partial charge in [0, 0.05) is 0 Å². The molecule has 0 aliphatic rings. The van der Waals surface area contributed by atoms with Gasteiger partial charge in [0.1, 0.15) is 0 Å². The van der Waals surface area contributed by atoms with E-state index in [4.69, 9.17) is 19.2 Å². The maximum atomic E-state index is 8.88. The standard InChI is InChI=1S/2H3N.Na.H3O4P.H/c;;;1-5(2,3)4;/h2*1H3;;(H3,1,2,3,4);/q;;+1;;-1. The molecule has 0 aromatic carbocycles. The molecule has 8 heteroatoms. The van der Waals surface area contributed by atoms with E-state index in [9.17, 15) is 0 Å². The van der Waals surface area contributed by atoms with Gasteiger partial charge >= 0.3 is 37.4 Å². The molecule has 0 aromatic heterocycles. The third-order valence-corrected chi connectivity index (χ3v) is 0. The number of rotatable bonds is 0. The van der Waals surface area contributed by atoms with Gasteiger partial charge in [-0.05, 0) is 0 Å². The topological polar surface area (TPSA) is 148 Å². The van der Waals surface area contributed by atoms with E-state index < -0.39 is 7.82 Å². The molecule has 0 amide bonds. The molecule has 50 valence electrons. The summed E-state index contributed by atoms with van der Waals surface area (Å²) in [4.78, 5) is 21.6. The fraction of sp³-hybridized carbons (Fsp3) is 0. The maximum absolute atomic E-state index is 8.88. The molecule has 0 saturated carbocycles. The van der Waals surface area contributed by atoms with Crippen LogP contribution in [0.5, 0.6) is 0 Å². The van der Waals surface area contributed by atoms with Gasteiger partial charge in [-0.3, -0.25) is 0 Å². The van der Waals surface area contributed by atoms with Crippen molar-refractivity contribution < 1.29 is 50.2 Å². The SMILES string of the molecule is N.N.O=P(O)(O)O.[H-].[Na+]. The van der Waals surface area contributed by atoms with Crippen molar-refractivity contribution in [2.24, 2.45) is 0 Å². The molecular formula is H10N2NaO4P. The Kier molecular flexibility index (Phi) is 23.1. The van der Waals surface area contributed by atoms with Crippen LogP contribution in [0.4, 0.5) is 0 Å². The van der Waals surface area contributed by atoms with Gasteiger partial charge in [0.05, 0.1) is 0 Å². The largest absolute Gasteiger partial charge is 1.00 e. The zero-order valence-corrected chi connectivity index (χ0v) is 7.51. The van der Waals surface area contributed by atoms with Gasteiger partial charge in [0.15, 0.2) is 0 Å². The van der Waals surface area contributed by atoms with Gasteiger partial charge in [0.2, 0.25) is 0 Å². The fourth-order valence-electron chi connectivity index (χ4n) is 0. The molecule has 0 rings (SSSR count). The van der Waals surface area contributed by atoms with Crippen molar-refractivity contribution in [1.29, 1.82) is 0 Å². The second-order valence-electron chi connectivity index (χ2n) is 0.513. The first-order valence-electron chi connectivity index (χ1n) is 0.783. The minimum absolute atomic E-state index is 0. The van der Waals surface area contributed by atoms with Crippen molar-refractivity contribution in [2.45, 2.75) is 0 Å². The van der Waals surface area contributed by atoms with Gasteiger partial charge in [0.25, 0.3) is 0 Å². The summed E-state index contributed by atoms with van der Waals surface area (Å²) in [7, 11) is -4.64. The van der Waals surface area contributed by atoms with Crippen LogP contribution in [-0.2, 0) is 4.57 Å². The van der Waals surface area contributed by atoms with E-state index in [-0.39, 0.29) is 43.3 Å². The molecule has 0 heterocycles. The summed E-state index contributed by atoms with van der Waals surface area (Å²) < 4.78 is 8.88. The Morgan fingerprint density at radius 1 is 1.12 bits per heavy atom. The summed E-state index contributed by atoms with van der Waals surface area (Å²) in [6, 6.07) is 0. The van der Waals surface area contributed by atoms with Crippen molar-refractivity contribution >= 4 is 7.82 Å². The first-order valence-corrected chi connectivity index (χ1v) is 2.35. The molecular weight excluding hydrogens is 146 g/mol. The van der Waals surface area contributed by atoms with Crippen molar-refractivity contribution in [3.05, 3.63) is 0 Å². The molecule has 0 saturated heterocycles. The maximum Gasteiger partial charge on any atom is 1.00 e. The van der Waals surface area contributed by atoms with Crippen LogP contribution in [0.1, 0.15) is 1.43 Å². The van der Waals surface area contributed by atoms with Crippen LogP contribution in [0.2, 0.25) is 0 Å². The fourth-order valence-corrected chi connectivity index (χ4v) is 0. The monoisotopic (exact) mass is 156 g/mol. The Morgan fingerprint density at radius 3 is 1.12 bits per heavy atom. The molecule has 0 bridgehead atoms. The second kappa shape index (κ2) is 8.03. The Labute approximate surface area is 70.5 Å². The van der Waals surface area contributed by atoms with Crippen LogP contribution in [0, 0.1) is 0 Å². The molecule has 0 unspecified atom stereocenters. The predicted octanol–water partition coefficient (Wildman–Crippen LogP) is -3.49. The third kappa shape index (κ3) is 241. The Morgan fingerprint density at radius 2 is 1.12 bits per heavy atom. The number of phosphoric acid groups is 1. The van der Waals surface area contributed by atoms with Crippen LogP contribution < -0.4 is 41.9 Å². The quantitative estimate of drug-likeness (QED) is 0.181.